The van der Waals surface area contributed by atoms with Crippen molar-refractivity contribution < 1.29 is 49.3 Å². The Bertz CT molecular complexity index is 2580. The summed E-state index contributed by atoms with van der Waals surface area (Å²) in [4.78, 5) is 0. The fraction of sp³-hybridized carbons (Fsp3) is 0.647. The number of rotatable bonds is 2. The third-order valence-electron chi connectivity index (χ3n) is 6.87. The fourth-order valence-electron chi connectivity index (χ4n) is 3.69. The molecule has 0 nitrogen and oxygen atoms in total. The van der Waals surface area contributed by atoms with Crippen LogP contribution in [0.1, 0.15) is 232 Å². The van der Waals surface area contributed by atoms with Crippen molar-refractivity contribution in [3.8, 4) is 0 Å². The van der Waals surface area contributed by atoms with Crippen LogP contribution in [0.5, 0.6) is 0 Å². The van der Waals surface area contributed by atoms with Gasteiger partial charge >= 0.3 is 0 Å². The monoisotopic (exact) mass is 733 g/mol. The number of hydrogen-bond donors (Lipinski definition) is 0. The Morgan fingerprint density at radius 1 is 0.412 bits per heavy atom. The Morgan fingerprint density at radius 3 is 1.00 bits per heavy atom. The summed E-state index contributed by atoms with van der Waals surface area (Å²) in [5.41, 5.74) is 6.73. The second kappa shape index (κ2) is 31.2. The van der Waals surface area contributed by atoms with Gasteiger partial charge in [-0.1, -0.05) is 251 Å². The standard InChI is InChI=1S/2C8H10.C8H16.C7H14.C7H8.C7H14.C6H12/c1-7-4-3-5-8(2)6-7;1-7-5-3-4-6-8(7)2;1-2-8-6-4-3-5-7-8;2*1-7-5-3-2-4-6-7;1-2-7-5-3-4-6-7;1-6-4-2-3-5-6/h2*3-6H,1-2H3;8H,2-7H2,1H3;7H,2-6H2,1H3;2-6H,1H3;7H,2-6H2,1H3;6H,2-5H2,1H3/i;;3D2,4D2,5D2,6D2,7D2;2D2,3D2,4D2,5D2,6D2;;3D2,4D2,5D2,6D2;2D2,3D2,4D2,5D2. The second-order valence-corrected chi connectivity index (χ2v) is 11.7. The smallest absolute Gasteiger partial charge is 0.0269 e. The van der Waals surface area contributed by atoms with Gasteiger partial charge in [-0.15, -0.1) is 0 Å². The Kier molecular flexibility index (Phi) is 9.44. The van der Waals surface area contributed by atoms with Crippen LogP contribution in [0, 0.1) is 58.3 Å². The first-order valence-corrected chi connectivity index (χ1v) is 17.3. The highest BCUT2D eigenvalue weighted by molar-refractivity contribution is 5.23. The van der Waals surface area contributed by atoms with Gasteiger partial charge in [0.15, 0.2) is 0 Å². The van der Waals surface area contributed by atoms with Crippen molar-refractivity contribution in [2.24, 2.45) is 23.7 Å². The lowest BCUT2D eigenvalue weighted by Crippen LogP contribution is -2.03. The van der Waals surface area contributed by atoms with E-state index in [4.69, 9.17) is 49.3 Å². The molecule has 0 unspecified atom stereocenters. The number of benzene rings is 3. The molecule has 0 aliphatic heterocycles. The first kappa shape index (κ1) is 15.4. The van der Waals surface area contributed by atoms with E-state index in [2.05, 4.69) is 95.3 Å². The van der Waals surface area contributed by atoms with Gasteiger partial charge < -0.3 is 0 Å². The summed E-state index contributed by atoms with van der Waals surface area (Å²) in [6, 6.07) is 27.1. The maximum absolute atomic E-state index is 7.72. The lowest BCUT2D eigenvalue weighted by molar-refractivity contribution is 0.349. The summed E-state index contributed by atoms with van der Waals surface area (Å²) in [5.74, 6) is -5.75. The molecule has 4 aliphatic carbocycles. The topological polar surface area (TPSA) is 0 Å². The molecule has 7 rings (SSSR count). The first-order valence-electron chi connectivity index (χ1n) is 35.3. The molecular formula is C51H84. The van der Waals surface area contributed by atoms with E-state index in [0.29, 0.717) is 0 Å². The molecule has 0 N–H and O–H groups in total. The molecule has 0 saturated heterocycles. The van der Waals surface area contributed by atoms with Gasteiger partial charge in [-0.3, -0.25) is 0 Å². The molecule has 4 saturated carbocycles. The highest BCUT2D eigenvalue weighted by Gasteiger charge is 2.11. The average Bonchev–Trinajstić information content (AvgIpc) is 1.50. The van der Waals surface area contributed by atoms with Gasteiger partial charge in [0, 0.05) is 49.3 Å². The highest BCUT2D eigenvalue weighted by atomic mass is 14.2. The molecule has 0 amide bonds. The molecular weight excluding hydrogens is 613 g/mol. The molecule has 3 aromatic carbocycles. The van der Waals surface area contributed by atoms with Gasteiger partial charge in [0.25, 0.3) is 0 Å². The third kappa shape index (κ3) is 27.0. The zero-order valence-electron chi connectivity index (χ0n) is 67.7. The van der Waals surface area contributed by atoms with Gasteiger partial charge in [-0.2, -0.15) is 0 Å². The van der Waals surface area contributed by atoms with Crippen LogP contribution in [0.3, 0.4) is 0 Å². The van der Waals surface area contributed by atoms with Crippen LogP contribution >= 0.6 is 0 Å². The zero-order valence-corrected chi connectivity index (χ0v) is 31.7. The summed E-state index contributed by atoms with van der Waals surface area (Å²) < 4.78 is 271. The Morgan fingerprint density at radius 2 is 0.725 bits per heavy atom. The SMILES string of the molecule is Cc1cccc(C)c1.Cc1ccccc1.Cc1ccccc1C.[2H]C1([2H])C(C)C([2H])([2H])C([2H])([2H])C([2H])([2H])C1([2H])[2H].[2H]C1([2H])C(C)C([2H])([2H])C([2H])([2H])C1([2H])[2H].[2H]C1([2H])C(CC)C([2H])([2H])C([2H])([2H])C([2H])([2H])C1([2H])[2H].[2H]C1([2H])C(CC)C([2H])([2H])C([2H])([2H])C1([2H])[2H]. The summed E-state index contributed by atoms with van der Waals surface area (Å²) in [7, 11) is 0. The van der Waals surface area contributed by atoms with Gasteiger partial charge in [0.1, 0.15) is 0 Å². The van der Waals surface area contributed by atoms with Crippen LogP contribution in [-0.4, -0.2) is 0 Å². The predicted octanol–water partition coefficient (Wildman–Crippen LogP) is 16.9. The lowest BCUT2D eigenvalue weighted by Gasteiger charge is -2.18. The quantitative estimate of drug-likeness (QED) is 0.246. The molecule has 4 fully saturated rings. The van der Waals surface area contributed by atoms with Crippen molar-refractivity contribution in [3.05, 3.63) is 107 Å². The molecule has 0 bridgehead atoms. The lowest BCUT2D eigenvalue weighted by atomic mass is 9.88. The summed E-state index contributed by atoms with van der Waals surface area (Å²) in [5, 5.41) is 0. The van der Waals surface area contributed by atoms with E-state index in [-0.39, 0.29) is 12.8 Å². The van der Waals surface area contributed by atoms with Gasteiger partial charge in [-0.25, -0.2) is 0 Å². The van der Waals surface area contributed by atoms with Crippen LogP contribution in [0.15, 0.2) is 78.9 Å². The second-order valence-electron chi connectivity index (χ2n) is 11.7. The van der Waals surface area contributed by atoms with E-state index in [1.807, 2.05) is 18.2 Å². The van der Waals surface area contributed by atoms with Crippen LogP contribution < -0.4 is 0 Å². The molecule has 288 valence electrons. The van der Waals surface area contributed by atoms with E-state index >= 15 is 0 Å². The van der Waals surface area contributed by atoms with E-state index in [0.717, 1.165) is 6.92 Å². The normalized spacial score (nSPS) is 45.7. The largest absolute Gasteiger partial charge is 0.0651 e. The molecule has 0 aromatic heterocycles. The van der Waals surface area contributed by atoms with Crippen LogP contribution in [0.2, 0.25) is 0 Å². The van der Waals surface area contributed by atoms with Crippen LogP contribution in [0.4, 0.5) is 0 Å². The average molecular weight is 733 g/mol. The van der Waals surface area contributed by atoms with Crippen molar-refractivity contribution in [1.29, 1.82) is 0 Å². The van der Waals surface area contributed by atoms with Gasteiger partial charge in [0.05, 0.1) is 0 Å². The maximum Gasteiger partial charge on any atom is 0.0269 e. The van der Waals surface area contributed by atoms with E-state index < -0.39 is 138 Å². The Labute approximate surface area is 370 Å². The molecule has 4 aliphatic rings. The van der Waals surface area contributed by atoms with Crippen LogP contribution in [-0.2, 0) is 0 Å². The Balaban J connectivity index is 0.000000519. The third-order valence-corrected chi connectivity index (χ3v) is 6.87. The number of hydrogen-bond acceptors (Lipinski definition) is 0. The minimum absolute atomic E-state index is 0.0685. The molecule has 0 heteroatoms. The highest BCUT2D eigenvalue weighted by Crippen LogP contribution is 2.27. The minimum Gasteiger partial charge on any atom is -0.0651 e. The molecule has 0 radical (unpaired) electrons. The van der Waals surface area contributed by atoms with Crippen molar-refractivity contribution >= 4 is 0 Å². The fourth-order valence-corrected chi connectivity index (χ4v) is 3.69. The maximum atomic E-state index is 7.72. The zero-order chi connectivity index (χ0) is 69.8. The van der Waals surface area contributed by atoms with Crippen LogP contribution in [0.25, 0.3) is 0 Å². The molecule has 51 heavy (non-hydrogen) atoms. The number of aryl methyl sites for hydroxylation is 5. The minimum atomic E-state index is -3.27. The molecule has 3 aromatic rings. The van der Waals surface area contributed by atoms with Crippen molar-refractivity contribution in [2.75, 3.05) is 0 Å². The van der Waals surface area contributed by atoms with Crippen molar-refractivity contribution in [2.45, 2.75) is 190 Å². The molecule has 0 spiro atoms. The van der Waals surface area contributed by atoms with E-state index in [1.54, 1.807) is 0 Å². The molecule has 0 heterocycles. The van der Waals surface area contributed by atoms with E-state index in [1.165, 1.54) is 48.6 Å². The van der Waals surface area contributed by atoms with E-state index in [9.17, 15) is 0 Å². The molecule has 0 atom stereocenters. The Hall–Kier alpha value is -2.34. The summed E-state index contributed by atoms with van der Waals surface area (Å²) in [6.45, 7) is 15.8. The van der Waals surface area contributed by atoms with Crippen molar-refractivity contribution in [3.63, 3.8) is 0 Å². The first-order chi connectivity index (χ1) is 38.2. The predicted molar refractivity (Wildman–Crippen MR) is 232 cm³/mol. The summed E-state index contributed by atoms with van der Waals surface area (Å²) in [6.07, 6.45) is -51.5. The summed E-state index contributed by atoms with van der Waals surface area (Å²) >= 11 is 0. The van der Waals surface area contributed by atoms with Gasteiger partial charge in [0.2, 0.25) is 0 Å². The van der Waals surface area contributed by atoms with Gasteiger partial charge in [-0.05, 0) is 69.4 Å². The van der Waals surface area contributed by atoms with Crippen molar-refractivity contribution in [1.82, 2.24) is 0 Å².